The van der Waals surface area contributed by atoms with Crippen molar-refractivity contribution in [2.24, 2.45) is 5.92 Å². The Morgan fingerprint density at radius 3 is 2.71 bits per heavy atom. The highest BCUT2D eigenvalue weighted by Gasteiger charge is 2.21. The molecule has 1 aromatic heterocycles. The summed E-state index contributed by atoms with van der Waals surface area (Å²) in [6, 6.07) is 8.33. The maximum absolute atomic E-state index is 12.1. The molecule has 7 nitrogen and oxygen atoms in total. The molecule has 7 heteroatoms. The van der Waals surface area contributed by atoms with Gasteiger partial charge in [0, 0.05) is 26.2 Å². The second-order valence-electron chi connectivity index (χ2n) is 7.12. The SMILES string of the molecule is COCCNC(=O)c1coc(CN(Cc2cccc(OC)c2)[C@H](C)C(C)C)n1. The van der Waals surface area contributed by atoms with Crippen LogP contribution in [-0.4, -0.2) is 49.2 Å². The van der Waals surface area contributed by atoms with Crippen LogP contribution >= 0.6 is 0 Å². The summed E-state index contributed by atoms with van der Waals surface area (Å²) in [6.45, 7) is 8.70. The van der Waals surface area contributed by atoms with Crippen molar-refractivity contribution in [1.29, 1.82) is 0 Å². The van der Waals surface area contributed by atoms with E-state index >= 15 is 0 Å². The minimum atomic E-state index is -0.261. The van der Waals surface area contributed by atoms with Crippen molar-refractivity contribution in [2.45, 2.75) is 39.9 Å². The van der Waals surface area contributed by atoms with Gasteiger partial charge in [0.15, 0.2) is 5.69 Å². The number of oxazole rings is 1. The standard InChI is InChI=1S/C21H31N3O4/c1-15(2)16(3)24(12-17-7-6-8-18(11-17)27-5)13-20-23-19(14-28-20)21(25)22-9-10-26-4/h6-8,11,14-16H,9-10,12-13H2,1-5H3,(H,22,25)/t16-/m1/s1. The molecule has 0 bridgehead atoms. The Balaban J connectivity index is 2.09. The lowest BCUT2D eigenvalue weighted by molar-refractivity contribution is 0.0932. The van der Waals surface area contributed by atoms with Gasteiger partial charge in [-0.2, -0.15) is 0 Å². The van der Waals surface area contributed by atoms with Crippen LogP contribution in [0.1, 0.15) is 42.7 Å². The molecule has 1 atom stereocenters. The van der Waals surface area contributed by atoms with Gasteiger partial charge in [-0.25, -0.2) is 4.98 Å². The van der Waals surface area contributed by atoms with Crippen LogP contribution in [0.15, 0.2) is 34.9 Å². The molecule has 1 aromatic carbocycles. The van der Waals surface area contributed by atoms with Crippen LogP contribution in [0.25, 0.3) is 0 Å². The van der Waals surface area contributed by atoms with Crippen LogP contribution in [0.3, 0.4) is 0 Å². The molecule has 0 saturated heterocycles. The average molecular weight is 389 g/mol. The first-order valence-electron chi connectivity index (χ1n) is 9.53. The lowest BCUT2D eigenvalue weighted by atomic mass is 10.0. The Bertz CT molecular complexity index is 745. The zero-order valence-corrected chi connectivity index (χ0v) is 17.4. The van der Waals surface area contributed by atoms with Crippen LogP contribution in [0.5, 0.6) is 5.75 Å². The molecule has 1 heterocycles. The van der Waals surface area contributed by atoms with Gasteiger partial charge < -0.3 is 19.2 Å². The quantitative estimate of drug-likeness (QED) is 0.595. The first-order valence-corrected chi connectivity index (χ1v) is 9.53. The molecule has 0 unspecified atom stereocenters. The molecule has 1 N–H and O–H groups in total. The Labute approximate surface area is 167 Å². The van der Waals surface area contributed by atoms with E-state index in [0.717, 1.165) is 17.9 Å². The number of aromatic nitrogens is 1. The molecule has 0 aliphatic carbocycles. The fourth-order valence-corrected chi connectivity index (χ4v) is 2.79. The number of nitrogens with one attached hydrogen (secondary N) is 1. The Kier molecular flexibility index (Phi) is 8.47. The minimum absolute atomic E-state index is 0.261. The number of carbonyl (C=O) groups excluding carboxylic acids is 1. The highest BCUT2D eigenvalue weighted by molar-refractivity contribution is 5.91. The molecule has 0 saturated carbocycles. The molecule has 154 valence electrons. The van der Waals surface area contributed by atoms with E-state index < -0.39 is 0 Å². The number of rotatable bonds is 11. The average Bonchev–Trinajstić information content (AvgIpc) is 3.15. The topological polar surface area (TPSA) is 76.8 Å². The zero-order chi connectivity index (χ0) is 20.5. The third-order valence-corrected chi connectivity index (χ3v) is 4.78. The maximum Gasteiger partial charge on any atom is 0.273 e. The largest absolute Gasteiger partial charge is 0.497 e. The van der Waals surface area contributed by atoms with Crippen molar-refractivity contribution < 1.29 is 18.7 Å². The molecular formula is C21H31N3O4. The van der Waals surface area contributed by atoms with Gasteiger partial charge >= 0.3 is 0 Å². The Morgan fingerprint density at radius 1 is 1.25 bits per heavy atom. The molecule has 2 aromatic rings. The first-order chi connectivity index (χ1) is 13.4. The fourth-order valence-electron chi connectivity index (χ4n) is 2.79. The Hall–Kier alpha value is -2.38. The molecule has 0 radical (unpaired) electrons. The lowest BCUT2D eigenvalue weighted by Gasteiger charge is -2.30. The van der Waals surface area contributed by atoms with Crippen LogP contribution < -0.4 is 10.1 Å². The van der Waals surface area contributed by atoms with E-state index in [9.17, 15) is 4.79 Å². The number of benzene rings is 1. The van der Waals surface area contributed by atoms with E-state index in [-0.39, 0.29) is 11.6 Å². The number of methoxy groups -OCH3 is 2. The Morgan fingerprint density at radius 2 is 2.04 bits per heavy atom. The predicted molar refractivity (Wildman–Crippen MR) is 107 cm³/mol. The van der Waals surface area contributed by atoms with Crippen LogP contribution in [0.2, 0.25) is 0 Å². The monoisotopic (exact) mass is 389 g/mol. The normalized spacial score (nSPS) is 12.4. The summed E-state index contributed by atoms with van der Waals surface area (Å²) < 4.78 is 15.8. The number of hydrogen-bond donors (Lipinski definition) is 1. The highest BCUT2D eigenvalue weighted by Crippen LogP contribution is 2.20. The summed E-state index contributed by atoms with van der Waals surface area (Å²) in [7, 11) is 3.26. The zero-order valence-electron chi connectivity index (χ0n) is 17.4. The van der Waals surface area contributed by atoms with Crippen molar-refractivity contribution in [3.8, 4) is 5.75 Å². The lowest BCUT2D eigenvalue weighted by Crippen LogP contribution is -2.36. The van der Waals surface area contributed by atoms with Gasteiger partial charge in [0.05, 0.1) is 20.3 Å². The van der Waals surface area contributed by atoms with Crippen LogP contribution in [0, 0.1) is 5.92 Å². The molecular weight excluding hydrogens is 358 g/mol. The van der Waals surface area contributed by atoms with Crippen molar-refractivity contribution in [3.63, 3.8) is 0 Å². The van der Waals surface area contributed by atoms with Gasteiger partial charge in [-0.05, 0) is 30.5 Å². The van der Waals surface area contributed by atoms with Gasteiger partial charge in [-0.3, -0.25) is 9.69 Å². The first kappa shape index (κ1) is 21.9. The van der Waals surface area contributed by atoms with Gasteiger partial charge in [-0.1, -0.05) is 26.0 Å². The minimum Gasteiger partial charge on any atom is -0.497 e. The van der Waals surface area contributed by atoms with Crippen molar-refractivity contribution >= 4 is 5.91 Å². The van der Waals surface area contributed by atoms with Gasteiger partial charge in [0.1, 0.15) is 12.0 Å². The second kappa shape index (κ2) is 10.8. The van der Waals surface area contributed by atoms with Gasteiger partial charge in [-0.15, -0.1) is 0 Å². The maximum atomic E-state index is 12.1. The molecule has 0 spiro atoms. The number of amides is 1. The van der Waals surface area contributed by atoms with Crippen molar-refractivity contribution in [2.75, 3.05) is 27.4 Å². The summed E-state index contributed by atoms with van der Waals surface area (Å²) in [5, 5.41) is 2.75. The third kappa shape index (κ3) is 6.35. The van der Waals surface area contributed by atoms with Gasteiger partial charge in [0.25, 0.3) is 5.91 Å². The third-order valence-electron chi connectivity index (χ3n) is 4.78. The number of hydrogen-bond acceptors (Lipinski definition) is 6. The molecule has 0 aliphatic heterocycles. The molecule has 2 rings (SSSR count). The number of ether oxygens (including phenoxy) is 2. The van der Waals surface area contributed by atoms with Crippen molar-refractivity contribution in [3.05, 3.63) is 47.7 Å². The van der Waals surface area contributed by atoms with E-state index in [1.54, 1.807) is 14.2 Å². The van der Waals surface area contributed by atoms with Crippen LogP contribution in [-0.2, 0) is 17.8 Å². The summed E-state index contributed by atoms with van der Waals surface area (Å²) >= 11 is 0. The highest BCUT2D eigenvalue weighted by atomic mass is 16.5. The number of carbonyl (C=O) groups is 1. The number of nitrogens with zero attached hydrogens (tertiary/aromatic N) is 2. The summed E-state index contributed by atoms with van der Waals surface area (Å²) in [4.78, 5) is 18.8. The molecule has 1 amide bonds. The molecule has 28 heavy (non-hydrogen) atoms. The predicted octanol–water partition coefficient (Wildman–Crippen LogP) is 3.11. The molecule has 0 aliphatic rings. The molecule has 0 fully saturated rings. The summed E-state index contributed by atoms with van der Waals surface area (Å²) in [5.74, 6) is 1.55. The van der Waals surface area contributed by atoms with E-state index in [1.165, 1.54) is 6.26 Å². The van der Waals surface area contributed by atoms with Crippen molar-refractivity contribution in [1.82, 2.24) is 15.2 Å². The summed E-state index contributed by atoms with van der Waals surface area (Å²) in [6.07, 6.45) is 1.40. The van der Waals surface area contributed by atoms with E-state index in [4.69, 9.17) is 13.9 Å². The van der Waals surface area contributed by atoms with Gasteiger partial charge in [0.2, 0.25) is 5.89 Å². The fraction of sp³-hybridized carbons (Fsp3) is 0.524. The second-order valence-corrected chi connectivity index (χ2v) is 7.12. The smallest absolute Gasteiger partial charge is 0.273 e. The van der Waals surface area contributed by atoms with E-state index in [1.807, 2.05) is 18.2 Å². The van der Waals surface area contributed by atoms with E-state index in [2.05, 4.69) is 42.0 Å². The summed E-state index contributed by atoms with van der Waals surface area (Å²) in [5.41, 5.74) is 1.43. The van der Waals surface area contributed by atoms with E-state index in [0.29, 0.717) is 37.5 Å². The van der Waals surface area contributed by atoms with Crippen LogP contribution in [0.4, 0.5) is 0 Å².